The minimum absolute atomic E-state index is 0.0259. The fourth-order valence-corrected chi connectivity index (χ4v) is 3.57. The summed E-state index contributed by atoms with van der Waals surface area (Å²) < 4.78 is 3.27. The highest BCUT2D eigenvalue weighted by molar-refractivity contribution is 5.84. The Balaban J connectivity index is 1.99. The summed E-state index contributed by atoms with van der Waals surface area (Å²) in [6.45, 7) is 5.54. The van der Waals surface area contributed by atoms with Crippen LogP contribution in [0.4, 0.5) is 0 Å². The van der Waals surface area contributed by atoms with Crippen LogP contribution in [0.5, 0.6) is 0 Å². The number of pyridine rings is 1. The molecule has 1 aliphatic heterocycles. The third kappa shape index (κ3) is 2.90. The molecule has 1 aliphatic rings. The topological polar surface area (TPSA) is 60.1 Å². The van der Waals surface area contributed by atoms with Crippen LogP contribution in [-0.4, -0.2) is 38.2 Å². The van der Waals surface area contributed by atoms with Gasteiger partial charge in [-0.2, -0.15) is 5.10 Å². The van der Waals surface area contributed by atoms with Gasteiger partial charge in [-0.15, -0.1) is 0 Å². The fraction of sp³-hybridized carbons (Fsp3) is 0.588. The van der Waals surface area contributed by atoms with Gasteiger partial charge in [-0.05, 0) is 32.3 Å². The Labute approximate surface area is 135 Å². The zero-order valence-electron chi connectivity index (χ0n) is 14.1. The molecular weight excluding hydrogens is 292 g/mol. The zero-order chi connectivity index (χ0) is 16.6. The molecule has 6 nitrogen and oxygen atoms in total. The highest BCUT2D eigenvalue weighted by Crippen LogP contribution is 2.20. The molecule has 1 saturated heterocycles. The number of likely N-dealkylation sites (tertiary alicyclic amines) is 1. The van der Waals surface area contributed by atoms with Crippen LogP contribution in [0.15, 0.2) is 10.9 Å². The molecule has 1 fully saturated rings. The van der Waals surface area contributed by atoms with Gasteiger partial charge in [0, 0.05) is 31.6 Å². The van der Waals surface area contributed by atoms with Crippen molar-refractivity contribution >= 4 is 16.9 Å². The predicted molar refractivity (Wildman–Crippen MR) is 89.5 cm³/mol. The molecule has 124 valence electrons. The van der Waals surface area contributed by atoms with Crippen LogP contribution in [0.3, 0.4) is 0 Å². The highest BCUT2D eigenvalue weighted by Gasteiger charge is 2.20. The van der Waals surface area contributed by atoms with Crippen LogP contribution in [0.2, 0.25) is 0 Å². The molecule has 0 N–H and O–H groups in total. The average Bonchev–Trinajstić information content (AvgIpc) is 2.70. The molecule has 1 amide bonds. The Bertz CT molecular complexity index is 795. The molecule has 2 aromatic rings. The number of hydrogen-bond acceptors (Lipinski definition) is 3. The third-order valence-electron chi connectivity index (χ3n) is 4.70. The SMILES string of the molecule is Cc1cc(=O)n(CC(=O)N2CCCCCC2)c2c1c(C)nn2C. The normalized spacial score (nSPS) is 15.9. The molecule has 0 unspecified atom stereocenters. The van der Waals surface area contributed by atoms with Gasteiger partial charge < -0.3 is 4.90 Å². The smallest absolute Gasteiger partial charge is 0.252 e. The summed E-state index contributed by atoms with van der Waals surface area (Å²) in [5, 5.41) is 5.39. The van der Waals surface area contributed by atoms with E-state index in [0.29, 0.717) is 0 Å². The van der Waals surface area contributed by atoms with E-state index in [0.717, 1.165) is 48.2 Å². The van der Waals surface area contributed by atoms with Crippen molar-refractivity contribution in [3.8, 4) is 0 Å². The van der Waals surface area contributed by atoms with E-state index in [2.05, 4.69) is 5.10 Å². The molecule has 6 heteroatoms. The Morgan fingerprint density at radius 3 is 2.48 bits per heavy atom. The molecule has 3 rings (SSSR count). The van der Waals surface area contributed by atoms with E-state index >= 15 is 0 Å². The van der Waals surface area contributed by atoms with Crippen molar-refractivity contribution in [1.29, 1.82) is 0 Å². The van der Waals surface area contributed by atoms with Gasteiger partial charge in [0.25, 0.3) is 5.56 Å². The number of fused-ring (bicyclic) bond motifs is 1. The molecule has 0 saturated carbocycles. The lowest BCUT2D eigenvalue weighted by molar-refractivity contribution is -0.131. The molecule has 23 heavy (non-hydrogen) atoms. The molecular formula is C17H24N4O2. The summed E-state index contributed by atoms with van der Waals surface area (Å²) in [7, 11) is 1.82. The van der Waals surface area contributed by atoms with Gasteiger partial charge in [0.15, 0.2) is 0 Å². The number of rotatable bonds is 2. The van der Waals surface area contributed by atoms with Crippen LogP contribution in [0.1, 0.15) is 36.9 Å². The standard InChI is InChI=1S/C17H24N4O2/c1-12-10-14(22)21(17-16(12)13(2)18-19(17)3)11-15(23)20-8-6-4-5-7-9-20/h10H,4-9,11H2,1-3H3. The largest absolute Gasteiger partial charge is 0.341 e. The number of amides is 1. The van der Waals surface area contributed by atoms with Crippen molar-refractivity contribution in [3.05, 3.63) is 27.7 Å². The lowest BCUT2D eigenvalue weighted by Gasteiger charge is -2.21. The number of hydrogen-bond donors (Lipinski definition) is 0. The first kappa shape index (κ1) is 15.8. The second kappa shape index (κ2) is 6.18. The quantitative estimate of drug-likeness (QED) is 0.848. The van der Waals surface area contributed by atoms with Crippen LogP contribution >= 0.6 is 0 Å². The van der Waals surface area contributed by atoms with Crippen LogP contribution in [0, 0.1) is 13.8 Å². The van der Waals surface area contributed by atoms with E-state index in [1.54, 1.807) is 15.3 Å². The number of carbonyl (C=O) groups is 1. The second-order valence-corrected chi connectivity index (χ2v) is 6.45. The first-order valence-corrected chi connectivity index (χ1v) is 8.30. The number of aromatic nitrogens is 3. The van der Waals surface area contributed by atoms with Crippen molar-refractivity contribution in [3.63, 3.8) is 0 Å². The summed E-state index contributed by atoms with van der Waals surface area (Å²) in [6, 6.07) is 1.60. The van der Waals surface area contributed by atoms with Gasteiger partial charge in [-0.25, -0.2) is 0 Å². The van der Waals surface area contributed by atoms with Gasteiger partial charge in [0.1, 0.15) is 12.2 Å². The van der Waals surface area contributed by atoms with Crippen molar-refractivity contribution in [2.75, 3.05) is 13.1 Å². The Morgan fingerprint density at radius 2 is 1.83 bits per heavy atom. The summed E-state index contributed by atoms with van der Waals surface area (Å²) in [4.78, 5) is 27.0. The van der Waals surface area contributed by atoms with E-state index in [1.807, 2.05) is 25.8 Å². The molecule has 0 spiro atoms. The van der Waals surface area contributed by atoms with Crippen LogP contribution in [0.25, 0.3) is 11.0 Å². The van der Waals surface area contributed by atoms with Gasteiger partial charge in [0.2, 0.25) is 5.91 Å². The average molecular weight is 316 g/mol. The molecule has 0 bridgehead atoms. The maximum atomic E-state index is 12.7. The van der Waals surface area contributed by atoms with Gasteiger partial charge in [0.05, 0.1) is 5.69 Å². The van der Waals surface area contributed by atoms with Crippen LogP contribution in [-0.2, 0) is 18.4 Å². The molecule has 0 radical (unpaired) electrons. The Kier molecular flexibility index (Phi) is 4.24. The molecule has 0 atom stereocenters. The Morgan fingerprint density at radius 1 is 1.17 bits per heavy atom. The minimum atomic E-state index is -0.138. The van der Waals surface area contributed by atoms with E-state index in [9.17, 15) is 9.59 Å². The summed E-state index contributed by atoms with van der Waals surface area (Å²) in [5.74, 6) is 0.0259. The summed E-state index contributed by atoms with van der Waals surface area (Å²) in [6.07, 6.45) is 4.46. The monoisotopic (exact) mass is 316 g/mol. The molecule has 0 aliphatic carbocycles. The lowest BCUT2D eigenvalue weighted by Crippen LogP contribution is -2.37. The van der Waals surface area contributed by atoms with E-state index < -0.39 is 0 Å². The maximum absolute atomic E-state index is 12.7. The van der Waals surface area contributed by atoms with Crippen molar-refractivity contribution in [2.45, 2.75) is 46.1 Å². The van der Waals surface area contributed by atoms with Gasteiger partial charge >= 0.3 is 0 Å². The number of aryl methyl sites for hydroxylation is 3. The number of nitrogens with zero attached hydrogens (tertiary/aromatic N) is 4. The lowest BCUT2D eigenvalue weighted by atomic mass is 10.1. The molecule has 0 aromatic carbocycles. The summed E-state index contributed by atoms with van der Waals surface area (Å²) >= 11 is 0. The van der Waals surface area contributed by atoms with Crippen molar-refractivity contribution in [1.82, 2.24) is 19.2 Å². The highest BCUT2D eigenvalue weighted by atomic mass is 16.2. The predicted octanol–water partition coefficient (Wildman–Crippen LogP) is 1.75. The zero-order valence-corrected chi connectivity index (χ0v) is 14.1. The van der Waals surface area contributed by atoms with E-state index in [4.69, 9.17) is 0 Å². The molecule has 2 aromatic heterocycles. The van der Waals surface area contributed by atoms with Crippen LogP contribution < -0.4 is 5.56 Å². The summed E-state index contributed by atoms with van der Waals surface area (Å²) in [5.41, 5.74) is 2.39. The first-order valence-electron chi connectivity index (χ1n) is 8.30. The molecule has 3 heterocycles. The fourth-order valence-electron chi connectivity index (χ4n) is 3.57. The third-order valence-corrected chi connectivity index (χ3v) is 4.70. The van der Waals surface area contributed by atoms with E-state index in [-0.39, 0.29) is 18.0 Å². The van der Waals surface area contributed by atoms with Gasteiger partial charge in [-0.3, -0.25) is 18.8 Å². The van der Waals surface area contributed by atoms with Crippen molar-refractivity contribution < 1.29 is 4.79 Å². The van der Waals surface area contributed by atoms with Crippen molar-refractivity contribution in [2.24, 2.45) is 7.05 Å². The number of carbonyl (C=O) groups excluding carboxylic acids is 1. The van der Waals surface area contributed by atoms with E-state index in [1.165, 1.54) is 12.8 Å². The Hall–Kier alpha value is -2.11. The van der Waals surface area contributed by atoms with Gasteiger partial charge in [-0.1, -0.05) is 12.8 Å². The first-order chi connectivity index (χ1) is 11.0. The second-order valence-electron chi connectivity index (χ2n) is 6.45. The maximum Gasteiger partial charge on any atom is 0.252 e. The minimum Gasteiger partial charge on any atom is -0.341 e.